The van der Waals surface area contributed by atoms with Gasteiger partial charge in [0.15, 0.2) is 0 Å². The van der Waals surface area contributed by atoms with Crippen LogP contribution in [0.25, 0.3) is 10.1 Å². The number of alkyl halides is 4. The predicted molar refractivity (Wildman–Crippen MR) is 150 cm³/mol. The highest BCUT2D eigenvalue weighted by atomic mass is 32.2. The SMILES string of the molecule is CNC(=O)c1ccc(OC)c(NCC#Cc2sc3c(N[C@@H]4CCN(C)C[C@@H]4F)cccc3c2SC(F)(F)F)c1. The Kier molecular flexibility index (Phi) is 9.15. The highest BCUT2D eigenvalue weighted by Crippen LogP contribution is 2.47. The Morgan fingerprint density at radius 3 is 2.74 bits per heavy atom. The maximum Gasteiger partial charge on any atom is 0.446 e. The van der Waals surface area contributed by atoms with Gasteiger partial charge in [-0.1, -0.05) is 24.0 Å². The third-order valence-corrected chi connectivity index (χ3v) is 8.37. The number of hydrogen-bond donors (Lipinski definition) is 3. The van der Waals surface area contributed by atoms with Crippen molar-refractivity contribution in [3.05, 3.63) is 46.8 Å². The molecule has 3 N–H and O–H groups in total. The summed E-state index contributed by atoms with van der Waals surface area (Å²) in [6.45, 7) is 1.13. The van der Waals surface area contributed by atoms with E-state index in [1.54, 1.807) is 36.4 Å². The molecular formula is C27H28F4N4O2S2. The number of methoxy groups -OCH3 is 1. The number of likely N-dealkylation sites (tertiary alicyclic amines) is 1. The molecule has 12 heteroatoms. The number of piperidine rings is 1. The van der Waals surface area contributed by atoms with Crippen LogP contribution >= 0.6 is 23.1 Å². The summed E-state index contributed by atoms with van der Waals surface area (Å²) < 4.78 is 61.1. The van der Waals surface area contributed by atoms with Crippen molar-refractivity contribution in [2.45, 2.75) is 29.0 Å². The molecule has 0 bridgehead atoms. The van der Waals surface area contributed by atoms with Crippen molar-refractivity contribution in [1.82, 2.24) is 10.2 Å². The highest BCUT2D eigenvalue weighted by molar-refractivity contribution is 8.00. The smallest absolute Gasteiger partial charge is 0.446 e. The van der Waals surface area contributed by atoms with Gasteiger partial charge in [-0.3, -0.25) is 4.79 Å². The molecule has 6 nitrogen and oxygen atoms in total. The Morgan fingerprint density at radius 1 is 1.26 bits per heavy atom. The fourth-order valence-electron chi connectivity index (χ4n) is 4.32. The molecule has 3 aromatic rings. The highest BCUT2D eigenvalue weighted by Gasteiger charge is 2.33. The summed E-state index contributed by atoms with van der Waals surface area (Å²) in [5, 5.41) is 9.27. The van der Waals surface area contributed by atoms with E-state index in [1.165, 1.54) is 14.2 Å². The third-order valence-electron chi connectivity index (χ3n) is 6.23. The standard InChI is InChI=1S/C27H28F4N4O2S2/c1-32-26(36)16-9-10-22(37-3)21(14-16)33-12-5-8-23-25(39-27(29,30)31)17-6-4-7-20(24(17)38-23)34-19-11-13-35(2)15-18(19)28/h4,6-7,9-10,14,18-19,33-34H,11-13,15H2,1-3H3,(H,32,36)/t18-,19+/m0/s1. The quantitative estimate of drug-likeness (QED) is 0.187. The Hall–Kier alpha value is -3.14. The van der Waals surface area contributed by atoms with Crippen LogP contribution in [-0.4, -0.2) is 69.4 Å². The number of ether oxygens (including phenoxy) is 1. The first-order chi connectivity index (χ1) is 18.6. The average molecular weight is 581 g/mol. The van der Waals surface area contributed by atoms with Crippen molar-refractivity contribution < 1.29 is 27.1 Å². The summed E-state index contributed by atoms with van der Waals surface area (Å²) in [6, 6.07) is 9.52. The number of thioether (sulfide) groups is 1. The van der Waals surface area contributed by atoms with Gasteiger partial charge in [0.2, 0.25) is 0 Å². The molecule has 0 saturated carbocycles. The number of amides is 1. The molecule has 1 fully saturated rings. The first-order valence-corrected chi connectivity index (χ1v) is 13.8. The van der Waals surface area contributed by atoms with Crippen molar-refractivity contribution in [2.75, 3.05) is 51.5 Å². The summed E-state index contributed by atoms with van der Waals surface area (Å²) in [5.74, 6) is 6.00. The van der Waals surface area contributed by atoms with E-state index >= 15 is 0 Å². The van der Waals surface area contributed by atoms with E-state index in [-0.39, 0.29) is 34.0 Å². The molecule has 4 rings (SSSR count). The third kappa shape index (κ3) is 7.09. The number of nitrogens with one attached hydrogen (secondary N) is 3. The van der Waals surface area contributed by atoms with E-state index in [0.29, 0.717) is 45.7 Å². The molecular weight excluding hydrogens is 552 g/mol. The minimum absolute atomic E-state index is 0.0259. The van der Waals surface area contributed by atoms with Crippen molar-refractivity contribution in [3.63, 3.8) is 0 Å². The van der Waals surface area contributed by atoms with Gasteiger partial charge >= 0.3 is 5.51 Å². The van der Waals surface area contributed by atoms with Gasteiger partial charge in [-0.15, -0.1) is 11.3 Å². The zero-order valence-electron chi connectivity index (χ0n) is 21.5. The number of anilines is 2. The van der Waals surface area contributed by atoms with E-state index in [9.17, 15) is 22.4 Å². The lowest BCUT2D eigenvalue weighted by Gasteiger charge is -2.33. The van der Waals surface area contributed by atoms with E-state index < -0.39 is 17.7 Å². The van der Waals surface area contributed by atoms with Crippen LogP contribution in [0.3, 0.4) is 0 Å². The lowest BCUT2D eigenvalue weighted by Crippen LogP contribution is -2.46. The molecule has 0 spiro atoms. The maximum atomic E-state index is 14.7. The number of hydrogen-bond acceptors (Lipinski definition) is 7. The average Bonchev–Trinajstić information content (AvgIpc) is 3.24. The Bertz CT molecular complexity index is 1400. The molecule has 0 unspecified atom stereocenters. The van der Waals surface area contributed by atoms with Crippen LogP contribution in [0.1, 0.15) is 21.7 Å². The monoisotopic (exact) mass is 580 g/mol. The molecule has 2 atom stereocenters. The number of nitrogens with zero attached hydrogens (tertiary/aromatic N) is 1. The van der Waals surface area contributed by atoms with Gasteiger partial charge in [0.1, 0.15) is 11.9 Å². The molecule has 0 radical (unpaired) electrons. The number of carbonyl (C=O) groups is 1. The molecule has 1 aliphatic rings. The molecule has 2 aromatic carbocycles. The number of benzene rings is 2. The fraction of sp³-hybridized carbons (Fsp3) is 0.370. The van der Waals surface area contributed by atoms with Crippen LogP contribution in [0, 0.1) is 11.8 Å². The van der Waals surface area contributed by atoms with Crippen molar-refractivity contribution >= 4 is 50.5 Å². The maximum absolute atomic E-state index is 14.7. The lowest BCUT2D eigenvalue weighted by atomic mass is 10.0. The van der Waals surface area contributed by atoms with Gasteiger partial charge < -0.3 is 25.6 Å². The number of rotatable bonds is 7. The van der Waals surface area contributed by atoms with Gasteiger partial charge in [-0.25, -0.2) is 4.39 Å². The van der Waals surface area contributed by atoms with Crippen LogP contribution in [0.4, 0.5) is 28.9 Å². The van der Waals surface area contributed by atoms with E-state index in [0.717, 1.165) is 17.9 Å². The first kappa shape index (κ1) is 28.9. The zero-order valence-corrected chi connectivity index (χ0v) is 23.2. The number of fused-ring (bicyclic) bond motifs is 1. The summed E-state index contributed by atoms with van der Waals surface area (Å²) in [7, 11) is 4.88. The normalized spacial score (nSPS) is 17.8. The molecule has 208 valence electrons. The van der Waals surface area contributed by atoms with Crippen LogP contribution in [0.5, 0.6) is 5.75 Å². The van der Waals surface area contributed by atoms with Gasteiger partial charge in [0.25, 0.3) is 5.91 Å². The molecule has 0 aliphatic carbocycles. The fourth-order valence-corrected chi connectivity index (χ4v) is 6.34. The summed E-state index contributed by atoms with van der Waals surface area (Å²) in [6.07, 6.45) is -0.501. The van der Waals surface area contributed by atoms with Crippen molar-refractivity contribution in [2.24, 2.45) is 0 Å². The van der Waals surface area contributed by atoms with Gasteiger partial charge in [-0.2, -0.15) is 13.2 Å². The van der Waals surface area contributed by atoms with Crippen LogP contribution < -0.4 is 20.7 Å². The molecule has 1 aromatic heterocycles. The van der Waals surface area contributed by atoms with Crippen LogP contribution in [0.2, 0.25) is 0 Å². The second-order valence-electron chi connectivity index (χ2n) is 8.96. The molecule has 1 amide bonds. The number of halogens is 4. The predicted octanol–water partition coefficient (Wildman–Crippen LogP) is 5.80. The minimum Gasteiger partial charge on any atom is -0.495 e. The van der Waals surface area contributed by atoms with Crippen molar-refractivity contribution in [3.8, 4) is 17.6 Å². The summed E-state index contributed by atoms with van der Waals surface area (Å²) in [5.41, 5.74) is -2.96. The van der Waals surface area contributed by atoms with E-state index in [1.807, 2.05) is 11.9 Å². The molecule has 1 aliphatic heterocycles. The lowest BCUT2D eigenvalue weighted by molar-refractivity contribution is -0.0327. The Labute approximate surface area is 232 Å². The van der Waals surface area contributed by atoms with Gasteiger partial charge in [-0.05, 0) is 49.5 Å². The second-order valence-corrected chi connectivity index (χ2v) is 11.1. The van der Waals surface area contributed by atoms with Crippen molar-refractivity contribution in [1.29, 1.82) is 0 Å². The van der Waals surface area contributed by atoms with Gasteiger partial charge in [0, 0.05) is 31.1 Å². The molecule has 39 heavy (non-hydrogen) atoms. The Balaban J connectivity index is 1.61. The summed E-state index contributed by atoms with van der Waals surface area (Å²) >= 11 is 0.951. The molecule has 2 heterocycles. The second kappa shape index (κ2) is 12.4. The van der Waals surface area contributed by atoms with Crippen LogP contribution in [0.15, 0.2) is 41.3 Å². The van der Waals surface area contributed by atoms with Gasteiger partial charge in [0.05, 0.1) is 45.5 Å². The Morgan fingerprint density at radius 2 is 2.05 bits per heavy atom. The largest absolute Gasteiger partial charge is 0.495 e. The van der Waals surface area contributed by atoms with E-state index in [2.05, 4.69) is 27.8 Å². The number of thiophene rings is 1. The van der Waals surface area contributed by atoms with E-state index in [4.69, 9.17) is 4.74 Å². The topological polar surface area (TPSA) is 65.6 Å². The minimum atomic E-state index is -4.50. The number of carbonyl (C=O) groups excluding carboxylic acids is 1. The van der Waals surface area contributed by atoms with Crippen LogP contribution in [-0.2, 0) is 0 Å². The molecule has 1 saturated heterocycles. The zero-order chi connectivity index (χ0) is 28.2. The first-order valence-electron chi connectivity index (χ1n) is 12.1. The summed E-state index contributed by atoms with van der Waals surface area (Å²) in [4.78, 5) is 14.2.